The number of rotatable bonds is 18. The smallest absolute Gasteiger partial charge is 0.871 e. The van der Waals surface area contributed by atoms with Gasteiger partial charge in [-0.2, -0.15) is 36.8 Å². The van der Waals surface area contributed by atoms with Gasteiger partial charge in [0.25, 0.3) is 0 Å². The van der Waals surface area contributed by atoms with Crippen LogP contribution in [0.4, 0.5) is 0 Å². The maximum atomic E-state index is 12.6. The van der Waals surface area contributed by atoms with Crippen LogP contribution in [0.1, 0.15) is 117 Å². The predicted molar refractivity (Wildman–Crippen MR) is 361 cm³/mol. The first kappa shape index (κ1) is 93.8. The van der Waals surface area contributed by atoms with Gasteiger partial charge in [-0.15, -0.1) is 0 Å². The molecule has 0 fully saturated rings. The van der Waals surface area contributed by atoms with Gasteiger partial charge in [0.15, 0.2) is 0 Å². The van der Waals surface area contributed by atoms with Crippen LogP contribution in [-0.4, -0.2) is 11.0 Å². The number of hydrogen-bond acceptors (Lipinski definition) is 17. The van der Waals surface area contributed by atoms with E-state index in [0.717, 1.165) is 22.3 Å². The van der Waals surface area contributed by atoms with Gasteiger partial charge in [0.05, 0.1) is 66.7 Å². The molecule has 482 valence electrons. The molecule has 0 amide bonds. The molecule has 0 aromatic heterocycles. The van der Waals surface area contributed by atoms with Crippen LogP contribution in [0.2, 0.25) is 0 Å². The fraction of sp³-hybridized carbons (Fsp3) is 0.214. The Balaban J connectivity index is -0.000000414. The van der Waals surface area contributed by atoms with Crippen LogP contribution >= 0.6 is 63.7 Å². The Morgan fingerprint density at radius 2 is 0.419 bits per heavy atom. The maximum Gasteiger partial charge on any atom is 5.00 e. The van der Waals surface area contributed by atoms with Gasteiger partial charge in [-0.05, 0) is 68.8 Å². The molecule has 0 bridgehead atoms. The molecule has 23 heteroatoms. The fourth-order valence-corrected chi connectivity index (χ4v) is 9.63. The summed E-state index contributed by atoms with van der Waals surface area (Å²) in [4.78, 5) is 0. The van der Waals surface area contributed by atoms with Gasteiger partial charge in [0.2, 0.25) is 0 Å². The van der Waals surface area contributed by atoms with Crippen molar-refractivity contribution in [3.63, 3.8) is 0 Å². The number of nitriles is 7. The van der Waals surface area contributed by atoms with Gasteiger partial charge >= 0.3 is 34.1 Å². The van der Waals surface area contributed by atoms with Gasteiger partial charge in [0.1, 0.15) is 0 Å². The van der Waals surface area contributed by atoms with E-state index >= 15 is 0 Å². The van der Waals surface area contributed by atoms with Crippen molar-refractivity contribution < 1.29 is 65.5 Å². The molecular formula is C70H71Br4Fe2N11O6+4. The van der Waals surface area contributed by atoms with Gasteiger partial charge < -0.3 is 52.6 Å². The number of nitrogens with zero attached hydrogens (tertiary/aromatic N) is 7. The third-order valence-corrected chi connectivity index (χ3v) is 14.0. The fourth-order valence-electron chi connectivity index (χ4n) is 8.00. The second-order valence-corrected chi connectivity index (χ2v) is 21.0. The Morgan fingerprint density at radius 1 is 0.280 bits per heavy atom. The molecule has 0 unspecified atom stereocenters. The molecule has 0 aliphatic carbocycles. The summed E-state index contributed by atoms with van der Waals surface area (Å²) >= 11 is 13.4. The summed E-state index contributed by atoms with van der Waals surface area (Å²) in [6.45, 7) is 11.7. The zero-order valence-corrected chi connectivity index (χ0v) is 60.5. The second kappa shape index (κ2) is 59.1. The van der Waals surface area contributed by atoms with Crippen LogP contribution in [0.3, 0.4) is 0 Å². The third-order valence-electron chi connectivity index (χ3n) is 11.5. The maximum absolute atomic E-state index is 12.6. The van der Waals surface area contributed by atoms with Crippen LogP contribution < -0.4 is 41.7 Å². The first-order valence-electron chi connectivity index (χ1n) is 27.1. The van der Waals surface area contributed by atoms with Crippen molar-refractivity contribution >= 4 is 63.7 Å². The van der Waals surface area contributed by atoms with Crippen LogP contribution in [0, 0.1) is 79.3 Å². The van der Waals surface area contributed by atoms with Crippen LogP contribution in [0.15, 0.2) is 212 Å². The molecule has 0 aliphatic heterocycles. The van der Waals surface area contributed by atoms with E-state index in [1.165, 1.54) is 48.5 Å². The Hall–Kier alpha value is -7.89. The van der Waals surface area contributed by atoms with E-state index in [-0.39, 0.29) is 92.3 Å². The van der Waals surface area contributed by atoms with E-state index in [0.29, 0.717) is 66.3 Å². The number of nitrogens with one attached hydrogen (secondary N) is 4. The zero-order chi connectivity index (χ0) is 66.8. The minimum atomic E-state index is -0.149. The molecule has 93 heavy (non-hydrogen) atoms. The van der Waals surface area contributed by atoms with E-state index in [1.54, 1.807) is 66.8 Å². The molecule has 0 saturated heterocycles. The summed E-state index contributed by atoms with van der Waals surface area (Å²) < 4.78 is 2.22. The largest absolute Gasteiger partial charge is 5.00 e. The monoisotopic (exact) mass is 1590 g/mol. The standard InChI is InChI=1S/2C28H26Br2N2O2.7C2H3N.2Fe.2H2O/c2*29-23-15-7-13-21(27(23)33)17-31-25(19-9-3-1-4-10-19)26(20-11-5-2-6-12-20)32-18-22-14-8-16-24(30)28(22)34;7*1-2-3;;;;/h2*1-16,25-26,31-34H,17-18H2;7*1H3;;;2*1H2/q;;;;;;;;;2*+5;;/p-6/t2*25-,26-;;;;;;;;;;;/m11.........../s1. The van der Waals surface area contributed by atoms with Crippen LogP contribution in [0.5, 0.6) is 23.0 Å². The predicted octanol–water partition coefficient (Wildman–Crippen LogP) is 14.8. The molecule has 4 atom stereocenters. The molecular weight excluding hydrogens is 1520 g/mol. The second-order valence-electron chi connectivity index (χ2n) is 17.6. The van der Waals surface area contributed by atoms with Crippen molar-refractivity contribution in [2.24, 2.45) is 0 Å². The van der Waals surface area contributed by atoms with E-state index < -0.39 is 0 Å². The summed E-state index contributed by atoms with van der Waals surface area (Å²) in [5.74, 6) is -0.0698. The van der Waals surface area contributed by atoms with E-state index in [9.17, 15) is 20.4 Å². The Morgan fingerprint density at radius 3 is 0.559 bits per heavy atom. The normalized spacial score (nSPS) is 10.0. The third kappa shape index (κ3) is 36.8. The minimum absolute atomic E-state index is 0. The van der Waals surface area contributed by atoms with Crippen molar-refractivity contribution in [3.8, 4) is 65.5 Å². The number of para-hydroxylation sites is 4. The Kier molecular flexibility index (Phi) is 59.7. The summed E-state index contributed by atoms with van der Waals surface area (Å²) in [6, 6.07) is 74.2. The van der Waals surface area contributed by atoms with Crippen molar-refractivity contribution in [1.29, 1.82) is 36.8 Å². The van der Waals surface area contributed by atoms with Crippen molar-refractivity contribution in [2.45, 2.75) is 98.8 Å². The topological polar surface area (TPSA) is 367 Å². The molecule has 0 saturated carbocycles. The number of hydrogen-bond donors (Lipinski definition) is 4. The van der Waals surface area contributed by atoms with Crippen molar-refractivity contribution in [3.05, 3.63) is 257 Å². The summed E-state index contributed by atoms with van der Waals surface area (Å²) in [5.41, 5.74) is 7.11. The molecule has 2 radical (unpaired) electrons. The minimum Gasteiger partial charge on any atom is -0.871 e. The average molecular weight is 1590 g/mol. The molecule has 0 aliphatic rings. The number of halogens is 4. The summed E-state index contributed by atoms with van der Waals surface area (Å²) in [5, 5.41) is 116. The Bertz CT molecular complexity index is 3080. The van der Waals surface area contributed by atoms with Gasteiger partial charge in [-0.3, -0.25) is 0 Å². The quantitative estimate of drug-likeness (QED) is 0.0580. The first-order valence-corrected chi connectivity index (χ1v) is 30.2. The summed E-state index contributed by atoms with van der Waals surface area (Å²) in [7, 11) is 0. The molecule has 6 N–H and O–H groups in total. The van der Waals surface area contributed by atoms with Gasteiger partial charge in [-0.1, -0.05) is 257 Å². The van der Waals surface area contributed by atoms with Gasteiger partial charge in [0, 0.05) is 92.5 Å². The van der Waals surface area contributed by atoms with E-state index in [2.05, 4.69) is 134 Å². The van der Waals surface area contributed by atoms with Crippen molar-refractivity contribution in [1.82, 2.24) is 21.3 Å². The molecule has 8 rings (SSSR count). The first-order chi connectivity index (χ1) is 43.0. The van der Waals surface area contributed by atoms with E-state index in [1.807, 2.05) is 121 Å². The number of benzene rings is 8. The Labute approximate surface area is 603 Å². The molecule has 17 nitrogen and oxygen atoms in total. The zero-order valence-electron chi connectivity index (χ0n) is 52.0. The van der Waals surface area contributed by atoms with Crippen molar-refractivity contribution in [2.75, 3.05) is 0 Å². The molecule has 0 spiro atoms. The van der Waals surface area contributed by atoms with Gasteiger partial charge in [-0.25, -0.2) is 0 Å². The van der Waals surface area contributed by atoms with Crippen LogP contribution in [0.25, 0.3) is 0 Å². The molecule has 8 aromatic carbocycles. The van der Waals surface area contributed by atoms with Crippen LogP contribution in [-0.2, 0) is 60.3 Å². The summed E-state index contributed by atoms with van der Waals surface area (Å²) in [6.07, 6.45) is 0. The SMILES string of the molecule is CC#N.CC#N.CC#N.CC#N.CC#N.CC#N.CC#N.[Fe+5].[Fe+5].[O-]c1c(Br)cccc1CN[C@H](c1ccccc1)[C@H](NCc1cccc(Br)c1[O-])c1ccccc1.[O-]c1c(Br)cccc1CN[C@H](c1ccccc1)[C@H](NCc1cccc(Br)c1[O-])c1ccccc1.[OH-].[OH-]. The average Bonchev–Trinajstić information content (AvgIpc) is 0.932. The molecule has 8 aromatic rings. The van der Waals surface area contributed by atoms with E-state index in [4.69, 9.17) is 36.8 Å². The molecule has 0 heterocycles.